The van der Waals surface area contributed by atoms with Gasteiger partial charge >= 0.3 is 0 Å². The largest absolute Gasteiger partial charge is 0.399 e. The Morgan fingerprint density at radius 1 is 1.10 bits per heavy atom. The third kappa shape index (κ3) is 5.38. The molecule has 21 heavy (non-hydrogen) atoms. The monoisotopic (exact) mass is 297 g/mol. The summed E-state index contributed by atoms with van der Waals surface area (Å²) in [6.07, 6.45) is -1.05. The fraction of sp³-hybridized carbons (Fsp3) is 0.385. The second kappa shape index (κ2) is 8.20. The number of nitrogens with two attached hydrogens (primary N) is 1. The van der Waals surface area contributed by atoms with Crippen LogP contribution in [-0.4, -0.2) is 59.5 Å². The van der Waals surface area contributed by atoms with Crippen molar-refractivity contribution in [2.45, 2.75) is 6.10 Å². The lowest BCUT2D eigenvalue weighted by Crippen LogP contribution is -2.34. The highest BCUT2D eigenvalue weighted by Gasteiger charge is 2.13. The number of carbonyl (C=O) groups excluding carboxylic acids is 2. The highest BCUT2D eigenvalue weighted by Crippen LogP contribution is 2.12. The van der Waals surface area contributed by atoms with E-state index in [1.54, 1.807) is 0 Å². The van der Waals surface area contributed by atoms with Gasteiger partial charge in [-0.25, -0.2) is 0 Å². The zero-order valence-electron chi connectivity index (χ0n) is 11.4. The Morgan fingerprint density at radius 3 is 2.19 bits per heavy atom. The number of benzene rings is 1. The molecular formula is C13H19N3O5. The maximum atomic E-state index is 11.9. The van der Waals surface area contributed by atoms with Crippen LogP contribution in [0.1, 0.15) is 20.7 Å². The van der Waals surface area contributed by atoms with Crippen molar-refractivity contribution in [3.8, 4) is 0 Å². The molecule has 7 N–H and O–H groups in total. The van der Waals surface area contributed by atoms with E-state index in [2.05, 4.69) is 10.6 Å². The van der Waals surface area contributed by atoms with Crippen molar-refractivity contribution in [3.05, 3.63) is 29.3 Å². The van der Waals surface area contributed by atoms with Crippen LogP contribution < -0.4 is 16.4 Å². The average Bonchev–Trinajstić information content (AvgIpc) is 2.48. The number of rotatable bonds is 7. The van der Waals surface area contributed by atoms with Crippen molar-refractivity contribution in [1.29, 1.82) is 0 Å². The van der Waals surface area contributed by atoms with E-state index in [1.807, 2.05) is 0 Å². The molecule has 0 aliphatic rings. The van der Waals surface area contributed by atoms with Crippen LogP contribution >= 0.6 is 0 Å². The summed E-state index contributed by atoms with van der Waals surface area (Å²) < 4.78 is 0. The molecule has 0 bridgehead atoms. The molecule has 8 heteroatoms. The molecule has 1 rings (SSSR count). The molecule has 1 aromatic rings. The molecule has 1 atom stereocenters. The van der Waals surface area contributed by atoms with E-state index in [1.165, 1.54) is 18.2 Å². The van der Waals surface area contributed by atoms with Gasteiger partial charge in [-0.05, 0) is 18.2 Å². The van der Waals surface area contributed by atoms with Crippen molar-refractivity contribution >= 4 is 17.5 Å². The van der Waals surface area contributed by atoms with Crippen LogP contribution in [0, 0.1) is 0 Å². The Morgan fingerprint density at radius 2 is 1.67 bits per heavy atom. The van der Waals surface area contributed by atoms with E-state index >= 15 is 0 Å². The zero-order valence-corrected chi connectivity index (χ0v) is 11.4. The molecule has 2 amide bonds. The molecule has 0 aromatic heterocycles. The van der Waals surface area contributed by atoms with E-state index in [4.69, 9.17) is 15.9 Å². The van der Waals surface area contributed by atoms with Gasteiger partial charge in [0.05, 0.1) is 19.3 Å². The first kappa shape index (κ1) is 16.9. The molecule has 116 valence electrons. The van der Waals surface area contributed by atoms with Crippen molar-refractivity contribution in [3.63, 3.8) is 0 Å². The zero-order chi connectivity index (χ0) is 15.8. The average molecular weight is 297 g/mol. The number of amides is 2. The number of aliphatic hydroxyl groups excluding tert-OH is 3. The van der Waals surface area contributed by atoms with Gasteiger partial charge in [0, 0.05) is 29.9 Å². The lowest BCUT2D eigenvalue weighted by atomic mass is 10.1. The lowest BCUT2D eigenvalue weighted by molar-refractivity contribution is 0.0802. The minimum atomic E-state index is -1.05. The first-order chi connectivity index (χ1) is 9.97. The van der Waals surface area contributed by atoms with Gasteiger partial charge in [0.2, 0.25) is 0 Å². The molecule has 1 aromatic carbocycles. The van der Waals surface area contributed by atoms with E-state index < -0.39 is 24.5 Å². The van der Waals surface area contributed by atoms with Crippen LogP contribution in [-0.2, 0) is 0 Å². The van der Waals surface area contributed by atoms with E-state index in [0.717, 1.165) is 0 Å². The summed E-state index contributed by atoms with van der Waals surface area (Å²) in [5.41, 5.74) is 6.24. The molecule has 8 nitrogen and oxygen atoms in total. The quantitative estimate of drug-likeness (QED) is 0.323. The molecule has 0 spiro atoms. The molecule has 0 heterocycles. The van der Waals surface area contributed by atoms with Gasteiger partial charge in [0.25, 0.3) is 11.8 Å². The number of nitrogens with one attached hydrogen (secondary N) is 2. The minimum absolute atomic E-state index is 0.0951. The van der Waals surface area contributed by atoms with Crippen molar-refractivity contribution < 1.29 is 24.9 Å². The van der Waals surface area contributed by atoms with Gasteiger partial charge in [-0.15, -0.1) is 0 Å². The number of hydrogen-bond acceptors (Lipinski definition) is 6. The van der Waals surface area contributed by atoms with Crippen LogP contribution in [0.3, 0.4) is 0 Å². The van der Waals surface area contributed by atoms with Gasteiger partial charge in [0.15, 0.2) is 0 Å². The lowest BCUT2D eigenvalue weighted by Gasteiger charge is -2.11. The molecule has 0 saturated carbocycles. The fourth-order valence-electron chi connectivity index (χ4n) is 1.56. The van der Waals surface area contributed by atoms with Gasteiger partial charge in [-0.1, -0.05) is 0 Å². The predicted molar refractivity (Wildman–Crippen MR) is 75.7 cm³/mol. The van der Waals surface area contributed by atoms with Gasteiger partial charge in [0.1, 0.15) is 0 Å². The first-order valence-corrected chi connectivity index (χ1v) is 6.34. The van der Waals surface area contributed by atoms with Crippen LogP contribution in [0.15, 0.2) is 18.2 Å². The van der Waals surface area contributed by atoms with E-state index in [-0.39, 0.29) is 36.5 Å². The van der Waals surface area contributed by atoms with Gasteiger partial charge < -0.3 is 31.7 Å². The summed E-state index contributed by atoms with van der Waals surface area (Å²) in [6.45, 7) is -0.680. The highest BCUT2D eigenvalue weighted by atomic mass is 16.3. The van der Waals surface area contributed by atoms with Crippen LogP contribution in [0.2, 0.25) is 0 Å². The molecule has 0 saturated heterocycles. The van der Waals surface area contributed by atoms with E-state index in [9.17, 15) is 14.7 Å². The Bertz CT molecular complexity index is 507. The minimum Gasteiger partial charge on any atom is -0.399 e. The third-order valence-electron chi connectivity index (χ3n) is 2.59. The Kier molecular flexibility index (Phi) is 6.60. The molecule has 0 aliphatic heterocycles. The Labute approximate surface area is 121 Å². The van der Waals surface area contributed by atoms with Crippen LogP contribution in [0.25, 0.3) is 0 Å². The van der Waals surface area contributed by atoms with Crippen LogP contribution in [0.4, 0.5) is 5.69 Å². The number of hydrogen-bond donors (Lipinski definition) is 6. The number of carbonyl (C=O) groups is 2. The summed E-state index contributed by atoms with van der Waals surface area (Å²) in [5, 5.41) is 31.4. The SMILES string of the molecule is Nc1cc(C(=O)NCCO)cc(C(=O)NCC(O)CO)c1. The number of aliphatic hydroxyl groups is 3. The molecular weight excluding hydrogens is 278 g/mol. The maximum Gasteiger partial charge on any atom is 0.251 e. The second-order valence-electron chi connectivity index (χ2n) is 4.37. The topological polar surface area (TPSA) is 145 Å². The molecule has 0 radical (unpaired) electrons. The Hall–Kier alpha value is -2.16. The maximum absolute atomic E-state index is 11.9. The number of anilines is 1. The van der Waals surface area contributed by atoms with Crippen molar-refractivity contribution in [1.82, 2.24) is 10.6 Å². The Balaban J connectivity index is 2.81. The summed E-state index contributed by atoms with van der Waals surface area (Å²) in [7, 11) is 0. The molecule has 0 fully saturated rings. The van der Waals surface area contributed by atoms with Crippen LogP contribution in [0.5, 0.6) is 0 Å². The van der Waals surface area contributed by atoms with Crippen molar-refractivity contribution in [2.24, 2.45) is 0 Å². The van der Waals surface area contributed by atoms with Crippen molar-refractivity contribution in [2.75, 3.05) is 32.0 Å². The first-order valence-electron chi connectivity index (χ1n) is 6.34. The highest BCUT2D eigenvalue weighted by molar-refractivity contribution is 6.00. The van der Waals surface area contributed by atoms with Gasteiger partial charge in [-0.2, -0.15) is 0 Å². The normalized spacial score (nSPS) is 11.8. The smallest absolute Gasteiger partial charge is 0.251 e. The standard InChI is InChI=1S/C13H19N3O5/c14-10-4-8(12(20)15-1-2-17)3-9(5-10)13(21)16-6-11(19)7-18/h3-5,11,17-19H,1-2,6-7,14H2,(H,15,20)(H,16,21). The second-order valence-corrected chi connectivity index (χ2v) is 4.37. The van der Waals surface area contributed by atoms with Gasteiger partial charge in [-0.3, -0.25) is 9.59 Å². The predicted octanol–water partition coefficient (Wildman–Crippen LogP) is -1.93. The molecule has 0 aliphatic carbocycles. The fourth-order valence-corrected chi connectivity index (χ4v) is 1.56. The summed E-state index contributed by atoms with van der Waals surface area (Å²) in [4.78, 5) is 23.6. The summed E-state index contributed by atoms with van der Waals surface area (Å²) in [5.74, 6) is -0.980. The third-order valence-corrected chi connectivity index (χ3v) is 2.59. The summed E-state index contributed by atoms with van der Waals surface area (Å²) >= 11 is 0. The summed E-state index contributed by atoms with van der Waals surface area (Å²) in [6, 6.07) is 4.15. The molecule has 1 unspecified atom stereocenters. The van der Waals surface area contributed by atoms with E-state index in [0.29, 0.717) is 0 Å². The number of nitrogen functional groups attached to an aromatic ring is 1.